The molecule has 1 N–H and O–H groups in total. The minimum Gasteiger partial charge on any atom is -0.310 e. The first-order valence-electron chi connectivity index (χ1n) is 5.67. The molecule has 0 saturated heterocycles. The van der Waals surface area contributed by atoms with Gasteiger partial charge in [-0.1, -0.05) is 27.7 Å². The maximum atomic E-state index is 4.61. The summed E-state index contributed by atoms with van der Waals surface area (Å²) in [6.07, 6.45) is 1.10. The van der Waals surface area contributed by atoms with Crippen LogP contribution < -0.4 is 5.32 Å². The van der Waals surface area contributed by atoms with Gasteiger partial charge in [-0.05, 0) is 19.3 Å². The SMILES string of the molecule is Cc1nc(CC(C)C)c(CNC(C)C)s1. The number of nitrogens with zero attached hydrogens (tertiary/aromatic N) is 1. The first kappa shape index (κ1) is 12.7. The van der Waals surface area contributed by atoms with Crippen molar-refractivity contribution in [1.29, 1.82) is 0 Å². The fourth-order valence-electron chi connectivity index (χ4n) is 1.49. The molecule has 15 heavy (non-hydrogen) atoms. The van der Waals surface area contributed by atoms with Crippen LogP contribution in [0.1, 0.15) is 43.3 Å². The Morgan fingerprint density at radius 2 is 1.93 bits per heavy atom. The lowest BCUT2D eigenvalue weighted by molar-refractivity contribution is 0.581. The lowest BCUT2D eigenvalue weighted by Gasteiger charge is -2.08. The second-order valence-electron chi connectivity index (χ2n) is 4.74. The van der Waals surface area contributed by atoms with Crippen molar-refractivity contribution in [3.8, 4) is 0 Å². The zero-order valence-electron chi connectivity index (χ0n) is 10.4. The molecule has 0 amide bonds. The molecular formula is C12H22N2S. The van der Waals surface area contributed by atoms with Gasteiger partial charge in [0.15, 0.2) is 0 Å². The Bertz CT molecular complexity index is 303. The standard InChI is InChI=1S/C12H22N2S/c1-8(2)6-11-12(7-13-9(3)4)15-10(5)14-11/h8-9,13H,6-7H2,1-5H3. The van der Waals surface area contributed by atoms with Crippen LogP contribution in [0, 0.1) is 12.8 Å². The van der Waals surface area contributed by atoms with Crippen LogP contribution in [-0.4, -0.2) is 11.0 Å². The molecule has 0 fully saturated rings. The number of aromatic nitrogens is 1. The lowest BCUT2D eigenvalue weighted by Crippen LogP contribution is -2.22. The van der Waals surface area contributed by atoms with E-state index in [4.69, 9.17) is 0 Å². The van der Waals surface area contributed by atoms with E-state index in [0.29, 0.717) is 12.0 Å². The molecule has 0 aliphatic carbocycles. The van der Waals surface area contributed by atoms with Crippen LogP contribution >= 0.6 is 11.3 Å². The van der Waals surface area contributed by atoms with Gasteiger partial charge in [-0.3, -0.25) is 0 Å². The van der Waals surface area contributed by atoms with Crippen LogP contribution in [0.2, 0.25) is 0 Å². The zero-order valence-corrected chi connectivity index (χ0v) is 11.2. The predicted molar refractivity (Wildman–Crippen MR) is 67.4 cm³/mol. The van der Waals surface area contributed by atoms with E-state index >= 15 is 0 Å². The van der Waals surface area contributed by atoms with Crippen LogP contribution in [-0.2, 0) is 13.0 Å². The van der Waals surface area contributed by atoms with Crippen molar-refractivity contribution in [2.24, 2.45) is 5.92 Å². The van der Waals surface area contributed by atoms with Gasteiger partial charge in [-0.15, -0.1) is 11.3 Å². The summed E-state index contributed by atoms with van der Waals surface area (Å²) in [5.41, 5.74) is 1.29. The van der Waals surface area contributed by atoms with Gasteiger partial charge >= 0.3 is 0 Å². The van der Waals surface area contributed by atoms with Gasteiger partial charge in [0.2, 0.25) is 0 Å². The molecule has 1 heterocycles. The van der Waals surface area contributed by atoms with Gasteiger partial charge in [0.05, 0.1) is 10.7 Å². The normalized spacial score (nSPS) is 11.7. The molecule has 0 bridgehead atoms. The van der Waals surface area contributed by atoms with Crippen molar-refractivity contribution in [3.05, 3.63) is 15.6 Å². The minimum absolute atomic E-state index is 0.541. The van der Waals surface area contributed by atoms with Gasteiger partial charge in [-0.25, -0.2) is 4.98 Å². The Labute approximate surface area is 97.1 Å². The molecule has 86 valence electrons. The third-order valence-electron chi connectivity index (χ3n) is 2.16. The average Bonchev–Trinajstić information content (AvgIpc) is 2.41. The molecule has 0 saturated carbocycles. The second kappa shape index (κ2) is 5.61. The number of nitrogens with one attached hydrogen (secondary N) is 1. The molecule has 0 aliphatic rings. The van der Waals surface area contributed by atoms with Gasteiger partial charge in [0.1, 0.15) is 0 Å². The molecule has 0 atom stereocenters. The quantitative estimate of drug-likeness (QED) is 0.834. The van der Waals surface area contributed by atoms with Crippen LogP contribution in [0.4, 0.5) is 0 Å². The molecule has 0 spiro atoms. The molecule has 0 aromatic carbocycles. The van der Waals surface area contributed by atoms with Gasteiger partial charge < -0.3 is 5.32 Å². The minimum atomic E-state index is 0.541. The van der Waals surface area contributed by atoms with Gasteiger partial charge in [-0.2, -0.15) is 0 Å². The summed E-state index contributed by atoms with van der Waals surface area (Å²) in [4.78, 5) is 6.02. The molecular weight excluding hydrogens is 204 g/mol. The van der Waals surface area contributed by atoms with E-state index in [2.05, 4.69) is 44.9 Å². The third kappa shape index (κ3) is 4.31. The molecule has 1 rings (SSSR count). The number of thiazole rings is 1. The maximum Gasteiger partial charge on any atom is 0.0900 e. The maximum absolute atomic E-state index is 4.61. The summed E-state index contributed by atoms with van der Waals surface area (Å²) in [5, 5.41) is 4.65. The second-order valence-corrected chi connectivity index (χ2v) is 6.02. The highest BCUT2D eigenvalue weighted by Crippen LogP contribution is 2.20. The Balaban J connectivity index is 2.68. The highest BCUT2D eigenvalue weighted by atomic mass is 32.1. The van der Waals surface area contributed by atoms with Crippen LogP contribution in [0.25, 0.3) is 0 Å². The number of hydrogen-bond acceptors (Lipinski definition) is 3. The Kier molecular flexibility index (Phi) is 4.74. The summed E-state index contributed by atoms with van der Waals surface area (Å²) in [7, 11) is 0. The molecule has 0 aliphatic heterocycles. The Morgan fingerprint density at radius 1 is 1.27 bits per heavy atom. The number of aryl methyl sites for hydroxylation is 1. The van der Waals surface area contributed by atoms with E-state index in [9.17, 15) is 0 Å². The predicted octanol–water partition coefficient (Wildman–Crippen LogP) is 3.15. The fraction of sp³-hybridized carbons (Fsp3) is 0.750. The van der Waals surface area contributed by atoms with Gasteiger partial charge in [0.25, 0.3) is 0 Å². The van der Waals surface area contributed by atoms with Gasteiger partial charge in [0, 0.05) is 17.5 Å². The highest BCUT2D eigenvalue weighted by Gasteiger charge is 2.10. The molecule has 1 aromatic rings. The van der Waals surface area contributed by atoms with Crippen molar-refractivity contribution < 1.29 is 0 Å². The van der Waals surface area contributed by atoms with E-state index < -0.39 is 0 Å². The van der Waals surface area contributed by atoms with Crippen molar-refractivity contribution in [1.82, 2.24) is 10.3 Å². The summed E-state index contributed by atoms with van der Waals surface area (Å²) < 4.78 is 0. The van der Waals surface area contributed by atoms with E-state index in [1.165, 1.54) is 15.6 Å². The summed E-state index contributed by atoms with van der Waals surface area (Å²) in [6, 6.07) is 0.541. The van der Waals surface area contributed by atoms with Crippen LogP contribution in [0.5, 0.6) is 0 Å². The fourth-order valence-corrected chi connectivity index (χ4v) is 2.41. The van der Waals surface area contributed by atoms with Crippen molar-refractivity contribution in [2.75, 3.05) is 0 Å². The molecule has 0 unspecified atom stereocenters. The molecule has 3 heteroatoms. The van der Waals surface area contributed by atoms with E-state index in [1.807, 2.05) is 11.3 Å². The highest BCUT2D eigenvalue weighted by molar-refractivity contribution is 7.11. The molecule has 1 aromatic heterocycles. The van der Waals surface area contributed by atoms with E-state index in [1.54, 1.807) is 0 Å². The van der Waals surface area contributed by atoms with E-state index in [-0.39, 0.29) is 0 Å². The first-order valence-corrected chi connectivity index (χ1v) is 6.49. The van der Waals surface area contributed by atoms with Crippen molar-refractivity contribution in [2.45, 2.75) is 53.6 Å². The Morgan fingerprint density at radius 3 is 2.47 bits per heavy atom. The Hall–Kier alpha value is -0.410. The molecule has 0 radical (unpaired) electrons. The van der Waals surface area contributed by atoms with Crippen molar-refractivity contribution in [3.63, 3.8) is 0 Å². The van der Waals surface area contributed by atoms with Crippen molar-refractivity contribution >= 4 is 11.3 Å². The average molecular weight is 226 g/mol. The smallest absolute Gasteiger partial charge is 0.0900 e. The van der Waals surface area contributed by atoms with Crippen LogP contribution in [0.3, 0.4) is 0 Å². The largest absolute Gasteiger partial charge is 0.310 e. The number of hydrogen-bond donors (Lipinski definition) is 1. The first-order chi connectivity index (χ1) is 6.99. The van der Waals surface area contributed by atoms with E-state index in [0.717, 1.165) is 13.0 Å². The monoisotopic (exact) mass is 226 g/mol. The summed E-state index contributed by atoms with van der Waals surface area (Å²) in [5.74, 6) is 0.685. The molecule has 2 nitrogen and oxygen atoms in total. The summed E-state index contributed by atoms with van der Waals surface area (Å²) >= 11 is 1.82. The topological polar surface area (TPSA) is 24.9 Å². The summed E-state index contributed by atoms with van der Waals surface area (Å²) in [6.45, 7) is 11.9. The number of rotatable bonds is 5. The third-order valence-corrected chi connectivity index (χ3v) is 3.17. The van der Waals surface area contributed by atoms with Crippen LogP contribution in [0.15, 0.2) is 0 Å². The zero-order chi connectivity index (χ0) is 11.4. The lowest BCUT2D eigenvalue weighted by atomic mass is 10.1.